The van der Waals surface area contributed by atoms with Crippen LogP contribution in [0.1, 0.15) is 35.4 Å². The van der Waals surface area contributed by atoms with E-state index in [1.165, 1.54) is 4.70 Å². The first-order valence-electron chi connectivity index (χ1n) is 11.5. The van der Waals surface area contributed by atoms with Crippen molar-refractivity contribution in [3.8, 4) is 0 Å². The highest BCUT2D eigenvalue weighted by atomic mass is 35.5. The maximum Gasteiger partial charge on any atom is 0.224 e. The number of morpholine rings is 1. The number of hydrogen-bond donors (Lipinski definition) is 1. The van der Waals surface area contributed by atoms with Crippen molar-refractivity contribution in [3.05, 3.63) is 76.3 Å². The second-order valence-corrected chi connectivity index (χ2v) is 10.1. The molecule has 1 saturated heterocycles. The van der Waals surface area contributed by atoms with Gasteiger partial charge >= 0.3 is 0 Å². The highest BCUT2D eigenvalue weighted by molar-refractivity contribution is 7.18. The summed E-state index contributed by atoms with van der Waals surface area (Å²) >= 11 is 7.83. The number of carbonyl (C=O) groups excluding carboxylic acids is 1. The van der Waals surface area contributed by atoms with E-state index < -0.39 is 0 Å². The molecule has 0 bridgehead atoms. The van der Waals surface area contributed by atoms with E-state index >= 15 is 0 Å². The van der Waals surface area contributed by atoms with Gasteiger partial charge < -0.3 is 10.1 Å². The first kappa shape index (κ1) is 22.5. The van der Waals surface area contributed by atoms with Gasteiger partial charge in [0.2, 0.25) is 5.91 Å². The summed E-state index contributed by atoms with van der Waals surface area (Å²) in [6.07, 6.45) is 5.91. The fourth-order valence-corrected chi connectivity index (χ4v) is 6.06. The van der Waals surface area contributed by atoms with Crippen LogP contribution in [0.15, 0.2) is 60.7 Å². The number of rotatable bonds is 6. The average Bonchev–Trinajstić information content (AvgIpc) is 3.30. The summed E-state index contributed by atoms with van der Waals surface area (Å²) in [4.78, 5) is 20.7. The molecular weight excluding hydrogens is 454 g/mol. The van der Waals surface area contributed by atoms with Crippen LogP contribution in [0.4, 0.5) is 0 Å². The van der Waals surface area contributed by atoms with Gasteiger partial charge in [-0.3, -0.25) is 9.69 Å². The summed E-state index contributed by atoms with van der Waals surface area (Å²) in [5.41, 5.74) is 2.18. The van der Waals surface area contributed by atoms with Crippen LogP contribution in [0, 0.1) is 5.92 Å². The van der Waals surface area contributed by atoms with Crippen molar-refractivity contribution in [2.75, 3.05) is 32.8 Å². The Labute approximate surface area is 203 Å². The lowest BCUT2D eigenvalue weighted by molar-refractivity contribution is -0.126. The number of thiazole rings is 1. The third-order valence-electron chi connectivity index (χ3n) is 6.61. The number of hydrogen-bond acceptors (Lipinski definition) is 5. The molecule has 1 amide bonds. The van der Waals surface area contributed by atoms with E-state index in [9.17, 15) is 4.79 Å². The number of fused-ring (bicyclic) bond motifs is 1. The van der Waals surface area contributed by atoms with Gasteiger partial charge in [-0.25, -0.2) is 4.98 Å². The molecule has 33 heavy (non-hydrogen) atoms. The SMILES string of the molecule is O=C(NC[C@H](c1ccc(Cl)cc1)N1CCOCC1)[C@H]1CC=CC[C@H]1c1nc2ccccc2s1. The first-order valence-corrected chi connectivity index (χ1v) is 12.7. The number of carbonyl (C=O) groups is 1. The van der Waals surface area contributed by atoms with Crippen molar-refractivity contribution < 1.29 is 9.53 Å². The molecule has 3 aromatic rings. The molecule has 0 saturated carbocycles. The molecule has 1 aliphatic carbocycles. The molecule has 2 aliphatic rings. The summed E-state index contributed by atoms with van der Waals surface area (Å²) in [5, 5.41) is 5.06. The molecule has 1 fully saturated rings. The smallest absolute Gasteiger partial charge is 0.224 e. The summed E-state index contributed by atoms with van der Waals surface area (Å²) in [6, 6.07) is 16.2. The summed E-state index contributed by atoms with van der Waals surface area (Å²) in [6.45, 7) is 3.69. The monoisotopic (exact) mass is 481 g/mol. The molecule has 0 spiro atoms. The first-order chi connectivity index (χ1) is 16.2. The quantitative estimate of drug-likeness (QED) is 0.492. The van der Waals surface area contributed by atoms with Gasteiger partial charge in [-0.05, 0) is 42.7 Å². The van der Waals surface area contributed by atoms with E-state index in [4.69, 9.17) is 21.3 Å². The predicted octanol–water partition coefficient (Wildman–Crippen LogP) is 5.19. The van der Waals surface area contributed by atoms with Crippen molar-refractivity contribution in [3.63, 3.8) is 0 Å². The van der Waals surface area contributed by atoms with Crippen LogP contribution in [0.25, 0.3) is 10.2 Å². The molecular formula is C26H28ClN3O2S. The van der Waals surface area contributed by atoms with E-state index in [1.54, 1.807) is 11.3 Å². The molecule has 172 valence electrons. The minimum Gasteiger partial charge on any atom is -0.379 e. The van der Waals surface area contributed by atoms with Crippen LogP contribution in [0.3, 0.4) is 0 Å². The number of nitrogens with zero attached hydrogens (tertiary/aromatic N) is 2. The Morgan fingerprint density at radius 3 is 2.67 bits per heavy atom. The Kier molecular flexibility index (Phi) is 7.07. The van der Waals surface area contributed by atoms with Crippen LogP contribution >= 0.6 is 22.9 Å². The summed E-state index contributed by atoms with van der Waals surface area (Å²) < 4.78 is 6.73. The Morgan fingerprint density at radius 1 is 1.12 bits per heavy atom. The van der Waals surface area contributed by atoms with Gasteiger partial charge in [0.25, 0.3) is 0 Å². The van der Waals surface area contributed by atoms with Gasteiger partial charge in [0.05, 0.1) is 40.4 Å². The lowest BCUT2D eigenvalue weighted by atomic mass is 9.82. The highest BCUT2D eigenvalue weighted by Crippen LogP contribution is 2.38. The predicted molar refractivity (Wildman–Crippen MR) is 134 cm³/mol. The standard InChI is InChI=1S/C26H28ClN3O2S/c27-19-11-9-18(10-12-19)23(30-13-15-32-16-14-30)17-28-25(31)20-5-1-2-6-21(20)26-29-22-7-3-4-8-24(22)33-26/h1-4,7-12,20-21,23H,5-6,13-17H2,(H,28,31)/t20-,21+,23+/m0/s1. The van der Waals surface area contributed by atoms with Gasteiger partial charge in [-0.2, -0.15) is 0 Å². The minimum absolute atomic E-state index is 0.0927. The van der Waals surface area contributed by atoms with E-state index in [0.29, 0.717) is 19.8 Å². The highest BCUT2D eigenvalue weighted by Gasteiger charge is 2.33. The second-order valence-electron chi connectivity index (χ2n) is 8.64. The lowest BCUT2D eigenvalue weighted by Gasteiger charge is -2.35. The van der Waals surface area contributed by atoms with Gasteiger partial charge in [0.1, 0.15) is 0 Å². The molecule has 2 heterocycles. The van der Waals surface area contributed by atoms with Crippen molar-refractivity contribution in [2.45, 2.75) is 24.8 Å². The topological polar surface area (TPSA) is 54.5 Å². The molecule has 5 nitrogen and oxygen atoms in total. The number of halogens is 1. The molecule has 0 radical (unpaired) electrons. The Morgan fingerprint density at radius 2 is 1.88 bits per heavy atom. The van der Waals surface area contributed by atoms with Crippen molar-refractivity contribution in [1.82, 2.24) is 15.2 Å². The number of allylic oxidation sites excluding steroid dienone is 2. The molecule has 1 aromatic heterocycles. The normalized spacial score (nSPS) is 22.3. The van der Waals surface area contributed by atoms with Gasteiger partial charge in [0.15, 0.2) is 0 Å². The fourth-order valence-electron chi connectivity index (χ4n) is 4.79. The fraction of sp³-hybridized carbons (Fsp3) is 0.385. The number of nitrogens with one attached hydrogen (secondary N) is 1. The van der Waals surface area contributed by atoms with Gasteiger partial charge in [-0.1, -0.05) is 48.0 Å². The van der Waals surface area contributed by atoms with Gasteiger partial charge in [-0.15, -0.1) is 11.3 Å². The van der Waals surface area contributed by atoms with Crippen LogP contribution in [-0.2, 0) is 9.53 Å². The molecule has 1 aliphatic heterocycles. The maximum absolute atomic E-state index is 13.4. The average molecular weight is 482 g/mol. The molecule has 1 N–H and O–H groups in total. The Balaban J connectivity index is 1.32. The van der Waals surface area contributed by atoms with Crippen molar-refractivity contribution in [1.29, 1.82) is 0 Å². The Bertz CT molecular complexity index is 1090. The zero-order valence-electron chi connectivity index (χ0n) is 18.5. The molecule has 7 heteroatoms. The maximum atomic E-state index is 13.4. The molecule has 0 unspecified atom stereocenters. The summed E-state index contributed by atoms with van der Waals surface area (Å²) in [7, 11) is 0. The zero-order chi connectivity index (χ0) is 22.6. The Hall–Kier alpha value is -2.25. The molecule has 2 aromatic carbocycles. The molecule has 5 rings (SSSR count). The number of ether oxygens (including phenoxy) is 1. The zero-order valence-corrected chi connectivity index (χ0v) is 20.0. The minimum atomic E-state index is -0.105. The third kappa shape index (κ3) is 5.14. The number of benzene rings is 2. The van der Waals surface area contributed by atoms with Crippen LogP contribution < -0.4 is 5.32 Å². The number of amides is 1. The second kappa shape index (κ2) is 10.3. The van der Waals surface area contributed by atoms with Crippen LogP contribution in [-0.4, -0.2) is 48.6 Å². The lowest BCUT2D eigenvalue weighted by Crippen LogP contribution is -2.45. The van der Waals surface area contributed by atoms with E-state index in [0.717, 1.165) is 47.0 Å². The van der Waals surface area contributed by atoms with Crippen molar-refractivity contribution >= 4 is 39.1 Å². The van der Waals surface area contributed by atoms with E-state index in [-0.39, 0.29) is 23.8 Å². The van der Waals surface area contributed by atoms with E-state index in [1.807, 2.05) is 30.3 Å². The van der Waals surface area contributed by atoms with Gasteiger partial charge in [0, 0.05) is 30.6 Å². The van der Waals surface area contributed by atoms with Crippen molar-refractivity contribution in [2.24, 2.45) is 5.92 Å². The van der Waals surface area contributed by atoms with E-state index in [2.05, 4.69) is 40.6 Å². The van der Waals surface area contributed by atoms with Crippen LogP contribution in [0.5, 0.6) is 0 Å². The number of para-hydroxylation sites is 1. The van der Waals surface area contributed by atoms with Crippen LogP contribution in [0.2, 0.25) is 5.02 Å². The largest absolute Gasteiger partial charge is 0.379 e. The molecule has 3 atom stereocenters. The number of aromatic nitrogens is 1. The third-order valence-corrected chi connectivity index (χ3v) is 8.03. The summed E-state index contributed by atoms with van der Waals surface area (Å²) in [5.74, 6) is 0.117.